The van der Waals surface area contributed by atoms with Gasteiger partial charge in [0.05, 0.1) is 5.39 Å². The lowest BCUT2D eigenvalue weighted by molar-refractivity contribution is -0.731. The average Bonchev–Trinajstić information content (AvgIpc) is 2.19. The first-order chi connectivity index (χ1) is 7.50. The largest absolute Gasteiger partial charge is 0.473 e. The maximum Gasteiger partial charge on any atom is 0.407 e. The normalized spacial score (nSPS) is 10.6. The molecular weight excluding hydrogens is 276 g/mol. The zero-order valence-corrected chi connectivity index (χ0v) is 9.91. The molecule has 5 nitrogen and oxygen atoms in total. The number of halogens is 1. The van der Waals surface area contributed by atoms with E-state index in [9.17, 15) is 9.59 Å². The van der Waals surface area contributed by atoms with Crippen LogP contribution in [0.15, 0.2) is 27.5 Å². The molecule has 1 aromatic heterocycles. The van der Waals surface area contributed by atoms with Gasteiger partial charge in [0.15, 0.2) is 7.05 Å². The summed E-state index contributed by atoms with van der Waals surface area (Å²) >= 11 is 3.24. The Morgan fingerprint density at radius 3 is 2.81 bits per heavy atom. The van der Waals surface area contributed by atoms with Gasteiger partial charge in [-0.1, -0.05) is 15.9 Å². The molecule has 0 saturated heterocycles. The molecule has 0 aliphatic carbocycles. The zero-order valence-electron chi connectivity index (χ0n) is 8.32. The number of aromatic amines is 1. The molecule has 0 aliphatic rings. The van der Waals surface area contributed by atoms with Gasteiger partial charge in [-0.05, 0) is 18.2 Å². The number of nitrogens with one attached hydrogen (secondary N) is 1. The van der Waals surface area contributed by atoms with Crippen LogP contribution >= 0.6 is 15.9 Å². The summed E-state index contributed by atoms with van der Waals surface area (Å²) in [5.74, 6) is -1.24. The standard InChI is InChI=1S/C10H7BrN2O3/c1-13-8(10(15)16)9(14)6-4-5(11)2-3-7(6)12-13/h2-4H,1H3,(H-,12,14,15,16)/p+1. The number of aromatic nitrogens is 2. The van der Waals surface area contributed by atoms with Crippen molar-refractivity contribution in [1.82, 2.24) is 5.10 Å². The van der Waals surface area contributed by atoms with Gasteiger partial charge in [0.2, 0.25) is 0 Å². The van der Waals surface area contributed by atoms with E-state index >= 15 is 0 Å². The Morgan fingerprint density at radius 1 is 1.50 bits per heavy atom. The second kappa shape index (κ2) is 3.71. The Hall–Kier alpha value is -1.69. The second-order valence-electron chi connectivity index (χ2n) is 3.34. The van der Waals surface area contributed by atoms with Crippen LogP contribution in [-0.2, 0) is 7.05 Å². The van der Waals surface area contributed by atoms with Crippen molar-refractivity contribution >= 4 is 32.8 Å². The number of aryl methyl sites for hydroxylation is 1. The van der Waals surface area contributed by atoms with Crippen molar-refractivity contribution in [2.75, 3.05) is 0 Å². The van der Waals surface area contributed by atoms with E-state index in [1.165, 1.54) is 11.7 Å². The van der Waals surface area contributed by atoms with Gasteiger partial charge < -0.3 is 5.11 Å². The van der Waals surface area contributed by atoms with Gasteiger partial charge in [-0.25, -0.2) is 4.79 Å². The third-order valence-electron chi connectivity index (χ3n) is 2.27. The smallest absolute Gasteiger partial charge is 0.407 e. The van der Waals surface area contributed by atoms with E-state index in [0.717, 1.165) is 4.47 Å². The first-order valence-electron chi connectivity index (χ1n) is 4.45. The highest BCUT2D eigenvalue weighted by atomic mass is 79.9. The van der Waals surface area contributed by atoms with Crippen molar-refractivity contribution in [3.8, 4) is 0 Å². The van der Waals surface area contributed by atoms with Crippen LogP contribution in [0.25, 0.3) is 10.9 Å². The first kappa shape index (κ1) is 10.8. The van der Waals surface area contributed by atoms with Crippen molar-refractivity contribution in [1.29, 1.82) is 0 Å². The third-order valence-corrected chi connectivity index (χ3v) is 2.76. The van der Waals surface area contributed by atoms with E-state index < -0.39 is 11.4 Å². The van der Waals surface area contributed by atoms with Crippen molar-refractivity contribution < 1.29 is 14.6 Å². The van der Waals surface area contributed by atoms with E-state index in [2.05, 4.69) is 21.0 Å². The molecule has 0 bridgehead atoms. The number of hydrogen-bond acceptors (Lipinski definition) is 2. The van der Waals surface area contributed by atoms with E-state index in [1.54, 1.807) is 18.2 Å². The monoisotopic (exact) mass is 283 g/mol. The average molecular weight is 284 g/mol. The number of rotatable bonds is 1. The number of carboxylic acid groups (broad SMARTS) is 1. The molecule has 2 aromatic rings. The Labute approximate surface area is 98.4 Å². The lowest BCUT2D eigenvalue weighted by Gasteiger charge is -1.99. The summed E-state index contributed by atoms with van der Waals surface area (Å²) in [6, 6.07) is 5.09. The summed E-state index contributed by atoms with van der Waals surface area (Å²) in [4.78, 5) is 22.8. The number of aromatic carboxylic acids is 1. The molecule has 1 aromatic carbocycles. The van der Waals surface area contributed by atoms with E-state index in [0.29, 0.717) is 10.9 Å². The van der Waals surface area contributed by atoms with Crippen LogP contribution in [0, 0.1) is 0 Å². The lowest BCUT2D eigenvalue weighted by Crippen LogP contribution is -2.45. The van der Waals surface area contributed by atoms with Gasteiger partial charge in [0.1, 0.15) is 5.52 Å². The molecule has 0 amide bonds. The summed E-state index contributed by atoms with van der Waals surface area (Å²) in [6.07, 6.45) is 0. The summed E-state index contributed by atoms with van der Waals surface area (Å²) in [5.41, 5.74) is -0.184. The van der Waals surface area contributed by atoms with Crippen molar-refractivity contribution in [2.45, 2.75) is 0 Å². The SMILES string of the molecule is C[n+]1[nH]c2ccc(Br)cc2c(=O)c1C(=O)O. The highest BCUT2D eigenvalue weighted by Gasteiger charge is 2.23. The number of carboxylic acids is 1. The molecule has 0 radical (unpaired) electrons. The van der Waals surface area contributed by atoms with Crippen LogP contribution in [0.2, 0.25) is 0 Å². The third kappa shape index (κ3) is 1.61. The van der Waals surface area contributed by atoms with Gasteiger partial charge in [-0.2, -0.15) is 5.10 Å². The molecule has 2 rings (SSSR count). The number of nitrogens with zero attached hydrogens (tertiary/aromatic N) is 1. The highest BCUT2D eigenvalue weighted by Crippen LogP contribution is 2.14. The van der Waals surface area contributed by atoms with E-state index in [4.69, 9.17) is 5.11 Å². The number of benzene rings is 1. The summed E-state index contributed by atoms with van der Waals surface area (Å²) in [7, 11) is 1.49. The second-order valence-corrected chi connectivity index (χ2v) is 4.26. The van der Waals surface area contributed by atoms with Crippen LogP contribution in [0.5, 0.6) is 0 Å². The minimum absolute atomic E-state index is 0.286. The Morgan fingerprint density at radius 2 is 2.19 bits per heavy atom. The van der Waals surface area contributed by atoms with Gasteiger partial charge in [0.25, 0.3) is 5.43 Å². The molecule has 0 fully saturated rings. The van der Waals surface area contributed by atoms with Gasteiger partial charge in [0, 0.05) is 4.47 Å². The molecule has 2 N–H and O–H groups in total. The highest BCUT2D eigenvalue weighted by molar-refractivity contribution is 9.10. The predicted octanol–water partition coefficient (Wildman–Crippen LogP) is 0.813. The molecule has 0 saturated carbocycles. The molecule has 16 heavy (non-hydrogen) atoms. The fraction of sp³-hybridized carbons (Fsp3) is 0.100. The van der Waals surface area contributed by atoms with Gasteiger partial charge >= 0.3 is 11.7 Å². The van der Waals surface area contributed by atoms with Gasteiger partial charge in [-0.15, -0.1) is 4.68 Å². The minimum atomic E-state index is -1.24. The van der Waals surface area contributed by atoms with Crippen LogP contribution in [0.1, 0.15) is 10.5 Å². The lowest BCUT2D eigenvalue weighted by atomic mass is 10.2. The molecular formula is C10H8BrN2O3+. The van der Waals surface area contributed by atoms with Crippen LogP contribution in [0.3, 0.4) is 0 Å². The summed E-state index contributed by atoms with van der Waals surface area (Å²) < 4.78 is 1.94. The summed E-state index contributed by atoms with van der Waals surface area (Å²) in [5, 5.41) is 12.1. The van der Waals surface area contributed by atoms with Crippen molar-refractivity contribution in [3.05, 3.63) is 38.6 Å². The van der Waals surface area contributed by atoms with Crippen LogP contribution in [-0.4, -0.2) is 16.2 Å². The maximum atomic E-state index is 11.9. The Bertz CT molecular complexity index is 648. The maximum absolute atomic E-state index is 11.9. The molecule has 0 aliphatic heterocycles. The zero-order chi connectivity index (χ0) is 11.9. The quantitative estimate of drug-likeness (QED) is 0.761. The number of hydrogen-bond donors (Lipinski definition) is 2. The molecule has 1 heterocycles. The summed E-state index contributed by atoms with van der Waals surface area (Å²) in [6.45, 7) is 0. The van der Waals surface area contributed by atoms with Crippen molar-refractivity contribution in [2.24, 2.45) is 7.05 Å². The number of H-pyrrole nitrogens is 1. The van der Waals surface area contributed by atoms with E-state index in [1.807, 2.05) is 0 Å². The fourth-order valence-electron chi connectivity index (χ4n) is 1.56. The Kier molecular flexibility index (Phi) is 2.51. The number of carbonyl (C=O) groups is 1. The molecule has 82 valence electrons. The fourth-order valence-corrected chi connectivity index (χ4v) is 1.92. The topological polar surface area (TPSA) is 74.0 Å². The first-order valence-corrected chi connectivity index (χ1v) is 5.25. The van der Waals surface area contributed by atoms with Gasteiger partial charge in [-0.3, -0.25) is 4.79 Å². The molecule has 6 heteroatoms. The Balaban J connectivity index is 2.96. The minimum Gasteiger partial charge on any atom is -0.473 e. The number of fused-ring (bicyclic) bond motifs is 1. The van der Waals surface area contributed by atoms with Crippen LogP contribution in [0.4, 0.5) is 0 Å². The molecule has 0 unspecified atom stereocenters. The molecule has 0 spiro atoms. The predicted molar refractivity (Wildman–Crippen MR) is 60.4 cm³/mol. The van der Waals surface area contributed by atoms with Crippen molar-refractivity contribution in [3.63, 3.8) is 0 Å². The van der Waals surface area contributed by atoms with Crippen LogP contribution < -0.4 is 10.1 Å². The van der Waals surface area contributed by atoms with E-state index in [-0.39, 0.29) is 5.69 Å². The molecule has 0 atom stereocenters.